The van der Waals surface area contributed by atoms with Gasteiger partial charge in [0.1, 0.15) is 11.4 Å². The van der Waals surface area contributed by atoms with Crippen LogP contribution in [-0.2, 0) is 13.1 Å². The average molecular weight is 531 g/mol. The predicted octanol–water partition coefficient (Wildman–Crippen LogP) is 4.63. The number of nitrogens with one attached hydrogen (secondary N) is 1. The number of fused-ring (bicyclic) bond motifs is 1. The van der Waals surface area contributed by atoms with Crippen LogP contribution in [0.2, 0.25) is 5.02 Å². The molecule has 1 aromatic carbocycles. The van der Waals surface area contributed by atoms with Crippen molar-refractivity contribution in [3.05, 3.63) is 64.9 Å². The molecule has 2 aromatic heterocycles. The molecule has 190 valence electrons. The quantitative estimate of drug-likeness (QED) is 0.390. The Morgan fingerprint density at radius 3 is 2.61 bits per heavy atom. The Morgan fingerprint density at radius 2 is 1.97 bits per heavy atom. The van der Waals surface area contributed by atoms with Crippen LogP contribution in [0.3, 0.4) is 0 Å². The maximum atomic E-state index is 13.7. The molecule has 3 aliphatic rings. The lowest BCUT2D eigenvalue weighted by molar-refractivity contribution is 0.0697. The smallest absolute Gasteiger partial charge is 0.271 e. The van der Waals surface area contributed by atoms with Crippen LogP contribution >= 0.6 is 22.2 Å². The number of nitrogens with zero attached hydrogens (tertiary/aromatic N) is 3. The third-order valence-electron chi connectivity index (χ3n) is 7.39. The highest BCUT2D eigenvalue weighted by Crippen LogP contribution is 2.73. The Hall–Kier alpha value is -2.79. The number of hydrogen-bond acceptors (Lipinski definition) is 6. The Bertz CT molecular complexity index is 1310. The van der Waals surface area contributed by atoms with Gasteiger partial charge in [0.05, 0.1) is 16.5 Å². The van der Waals surface area contributed by atoms with Gasteiger partial charge in [-0.05, 0) is 49.4 Å². The molecule has 0 radical (unpaired) electrons. The minimum atomic E-state index is -2.75. The molecule has 36 heavy (non-hydrogen) atoms. The fraction of sp³-hybridized carbons (Fsp3) is 0.400. The summed E-state index contributed by atoms with van der Waals surface area (Å²) in [5, 5.41) is 3.50. The van der Waals surface area contributed by atoms with Crippen LogP contribution in [0.25, 0.3) is 11.3 Å². The molecular weight excluding hydrogens is 504 g/mol. The van der Waals surface area contributed by atoms with Crippen molar-refractivity contribution in [3.63, 3.8) is 0 Å². The van der Waals surface area contributed by atoms with Gasteiger partial charge in [-0.1, -0.05) is 23.7 Å². The van der Waals surface area contributed by atoms with E-state index in [-0.39, 0.29) is 17.1 Å². The number of aromatic nitrogens is 2. The summed E-state index contributed by atoms with van der Waals surface area (Å²) in [6, 6.07) is 8.89. The van der Waals surface area contributed by atoms with E-state index in [4.69, 9.17) is 16.0 Å². The van der Waals surface area contributed by atoms with Gasteiger partial charge < -0.3 is 19.2 Å². The monoisotopic (exact) mass is 530 g/mol. The van der Waals surface area contributed by atoms with E-state index >= 15 is 0 Å². The van der Waals surface area contributed by atoms with E-state index < -0.39 is 15.3 Å². The molecule has 0 atom stereocenters. The van der Waals surface area contributed by atoms with Crippen molar-refractivity contribution in [2.24, 2.45) is 0 Å². The Morgan fingerprint density at radius 1 is 1.22 bits per heavy atom. The van der Waals surface area contributed by atoms with Gasteiger partial charge in [-0.3, -0.25) is 18.7 Å². The van der Waals surface area contributed by atoms with Crippen molar-refractivity contribution < 1.29 is 23.1 Å². The number of benzene rings is 1. The summed E-state index contributed by atoms with van der Waals surface area (Å²) in [6.07, 6.45) is 5.91. The summed E-state index contributed by atoms with van der Waals surface area (Å²) >= 11 is 5.95. The van der Waals surface area contributed by atoms with Gasteiger partial charge in [0.25, 0.3) is 11.8 Å². The molecule has 1 aliphatic heterocycles. The van der Waals surface area contributed by atoms with Crippen LogP contribution in [0.5, 0.6) is 0 Å². The third kappa shape index (κ3) is 4.02. The SMILES string of the molecule is O=C(NCc1ccc(Cl)cc1)c1cc(-c2cnco2)c2n1CCN(CC1(S(O)(O)C3CC3)CC1)C2=O. The summed E-state index contributed by atoms with van der Waals surface area (Å²) in [5.74, 6) is -0.157. The summed E-state index contributed by atoms with van der Waals surface area (Å²) < 4.78 is 28.5. The molecule has 2 fully saturated rings. The van der Waals surface area contributed by atoms with Gasteiger partial charge in [-0.2, -0.15) is 10.6 Å². The Balaban J connectivity index is 1.28. The molecule has 9 nitrogen and oxygen atoms in total. The van der Waals surface area contributed by atoms with Gasteiger partial charge >= 0.3 is 0 Å². The van der Waals surface area contributed by atoms with E-state index in [0.29, 0.717) is 66.8 Å². The van der Waals surface area contributed by atoms with E-state index in [1.807, 2.05) is 12.1 Å². The van der Waals surface area contributed by atoms with Crippen molar-refractivity contribution in [3.8, 4) is 11.3 Å². The minimum absolute atomic E-state index is 0.0375. The minimum Gasteiger partial charge on any atom is -0.443 e. The van der Waals surface area contributed by atoms with Crippen LogP contribution in [0.4, 0.5) is 0 Å². The highest BCUT2D eigenvalue weighted by Gasteiger charge is 2.60. The van der Waals surface area contributed by atoms with Crippen LogP contribution in [0.15, 0.2) is 47.3 Å². The number of amides is 2. The first-order chi connectivity index (χ1) is 17.3. The number of hydrogen-bond donors (Lipinski definition) is 3. The number of rotatable bonds is 8. The zero-order chi connectivity index (χ0) is 25.1. The van der Waals surface area contributed by atoms with Crippen LogP contribution in [0, 0.1) is 0 Å². The van der Waals surface area contributed by atoms with Gasteiger partial charge in [0, 0.05) is 36.5 Å². The largest absolute Gasteiger partial charge is 0.443 e. The van der Waals surface area contributed by atoms with Gasteiger partial charge in [0.2, 0.25) is 0 Å². The van der Waals surface area contributed by atoms with Crippen LogP contribution in [0.1, 0.15) is 52.2 Å². The Kier molecular flexibility index (Phi) is 5.67. The van der Waals surface area contributed by atoms with E-state index in [1.54, 1.807) is 27.7 Å². The second-order valence-corrected chi connectivity index (χ2v) is 13.0. The average Bonchev–Trinajstić information content (AvgIpc) is 3.77. The first-order valence-electron chi connectivity index (χ1n) is 12.0. The Labute approximate surface area is 214 Å². The lowest BCUT2D eigenvalue weighted by Crippen LogP contribution is -2.47. The number of halogens is 1. The molecule has 2 saturated carbocycles. The van der Waals surface area contributed by atoms with Crippen molar-refractivity contribution in [1.82, 2.24) is 19.8 Å². The standard InChI is InChI=1S/C25H27ClN4O5S/c26-17-3-1-16(2-4-17)12-28-23(31)20-11-19(21-13-27-15-35-21)22-24(32)29(9-10-30(20)22)14-25(7-8-25)36(33,34)18-5-6-18/h1-4,11,13,15,18,33-34H,5-10,12,14H2,(H,28,31). The summed E-state index contributed by atoms with van der Waals surface area (Å²) in [7, 11) is -2.75. The molecule has 0 saturated heterocycles. The molecule has 3 N–H and O–H groups in total. The molecule has 6 rings (SSSR count). The summed E-state index contributed by atoms with van der Waals surface area (Å²) in [6.45, 7) is 1.42. The maximum Gasteiger partial charge on any atom is 0.271 e. The van der Waals surface area contributed by atoms with E-state index in [1.165, 1.54) is 12.6 Å². The second kappa shape index (κ2) is 8.65. The van der Waals surface area contributed by atoms with Gasteiger partial charge in [0.15, 0.2) is 12.2 Å². The van der Waals surface area contributed by atoms with E-state index in [2.05, 4.69) is 10.3 Å². The van der Waals surface area contributed by atoms with Crippen molar-refractivity contribution >= 4 is 34.0 Å². The highest BCUT2D eigenvalue weighted by molar-refractivity contribution is 8.26. The lowest BCUT2D eigenvalue weighted by atomic mass is 10.1. The topological polar surface area (TPSA) is 121 Å². The second-order valence-electron chi connectivity index (χ2n) is 9.82. The van der Waals surface area contributed by atoms with E-state index in [9.17, 15) is 18.7 Å². The van der Waals surface area contributed by atoms with Crippen molar-refractivity contribution in [2.75, 3.05) is 13.1 Å². The molecule has 0 spiro atoms. The fourth-order valence-corrected chi connectivity index (χ4v) is 7.70. The first kappa shape index (κ1) is 23.6. The molecule has 3 heterocycles. The van der Waals surface area contributed by atoms with Crippen LogP contribution < -0.4 is 5.32 Å². The normalized spacial score (nSPS) is 19.2. The van der Waals surface area contributed by atoms with E-state index in [0.717, 1.165) is 18.4 Å². The predicted molar refractivity (Wildman–Crippen MR) is 136 cm³/mol. The third-order valence-corrected chi connectivity index (χ3v) is 10.9. The van der Waals surface area contributed by atoms with Crippen molar-refractivity contribution in [1.29, 1.82) is 0 Å². The summed E-state index contributed by atoms with van der Waals surface area (Å²) in [5.41, 5.74) is 2.12. The molecule has 0 unspecified atom stereocenters. The first-order valence-corrected chi connectivity index (χ1v) is 14.0. The highest BCUT2D eigenvalue weighted by atomic mass is 35.5. The van der Waals surface area contributed by atoms with Gasteiger partial charge in [-0.15, -0.1) is 0 Å². The van der Waals surface area contributed by atoms with Gasteiger partial charge in [-0.25, -0.2) is 4.98 Å². The zero-order valence-corrected chi connectivity index (χ0v) is 21.1. The lowest BCUT2D eigenvalue weighted by Gasteiger charge is -2.44. The zero-order valence-electron chi connectivity index (χ0n) is 19.5. The molecule has 2 amide bonds. The molecule has 0 bridgehead atoms. The maximum absolute atomic E-state index is 13.7. The molecule has 2 aliphatic carbocycles. The van der Waals surface area contributed by atoms with Crippen LogP contribution in [-0.4, -0.2) is 58.5 Å². The molecule has 3 aromatic rings. The van der Waals surface area contributed by atoms with Crippen molar-refractivity contribution in [2.45, 2.75) is 48.8 Å². The number of carbonyl (C=O) groups is 2. The molecular formula is C25H27ClN4O5S. The molecule has 11 heteroatoms. The number of carbonyl (C=O) groups excluding carboxylic acids is 2. The number of oxazole rings is 1. The fourth-order valence-electron chi connectivity index (χ4n) is 5.03. The summed E-state index contributed by atoms with van der Waals surface area (Å²) in [4.78, 5) is 32.6.